The lowest BCUT2D eigenvalue weighted by molar-refractivity contribution is -0.0727. The number of aliphatic hydroxyl groups is 2. The van der Waals surface area contributed by atoms with Gasteiger partial charge in [-0.3, -0.25) is 0 Å². The van der Waals surface area contributed by atoms with E-state index >= 15 is 0 Å². The fraction of sp³-hybridized carbons (Fsp3) is 0.800. The topological polar surface area (TPSA) is 53.6 Å². The predicted octanol–water partition coefficient (Wildman–Crippen LogP) is 3.64. The highest BCUT2D eigenvalue weighted by Crippen LogP contribution is 2.71. The molecule has 4 aliphatic carbocycles. The maximum absolute atomic E-state index is 10.9. The zero-order valence-electron chi connectivity index (χ0n) is 14.1. The molecule has 3 nitrogen and oxygen atoms in total. The van der Waals surface area contributed by atoms with Crippen molar-refractivity contribution in [2.45, 2.75) is 69.8 Å². The number of furan rings is 1. The van der Waals surface area contributed by atoms with Gasteiger partial charge in [-0.2, -0.15) is 0 Å². The molecule has 1 aromatic heterocycles. The van der Waals surface area contributed by atoms with Crippen LogP contribution in [0.25, 0.3) is 0 Å². The van der Waals surface area contributed by atoms with Crippen LogP contribution in [0.3, 0.4) is 0 Å². The fourth-order valence-corrected chi connectivity index (χ4v) is 7.51. The number of hydrogen-bond donors (Lipinski definition) is 2. The second kappa shape index (κ2) is 4.43. The van der Waals surface area contributed by atoms with Gasteiger partial charge in [-0.25, -0.2) is 0 Å². The average Bonchev–Trinajstić information content (AvgIpc) is 3.09. The molecular formula is C20H28O3. The molecule has 3 fully saturated rings. The predicted molar refractivity (Wildman–Crippen MR) is 87.0 cm³/mol. The summed E-state index contributed by atoms with van der Waals surface area (Å²) in [5.41, 5.74) is 1.26. The maximum Gasteiger partial charge on any atom is 0.107 e. The molecule has 2 N–H and O–H groups in total. The van der Waals surface area contributed by atoms with E-state index in [2.05, 4.69) is 13.0 Å². The molecule has 3 heteroatoms. The molecule has 0 amide bonds. The van der Waals surface area contributed by atoms with Crippen LogP contribution in [0.15, 0.2) is 16.7 Å². The fourth-order valence-electron chi connectivity index (χ4n) is 7.51. The van der Waals surface area contributed by atoms with Crippen molar-refractivity contribution < 1.29 is 14.6 Å². The van der Waals surface area contributed by atoms with Crippen LogP contribution in [-0.2, 0) is 6.42 Å². The first kappa shape index (κ1) is 14.5. The van der Waals surface area contributed by atoms with E-state index in [1.807, 2.05) is 6.26 Å². The molecule has 0 aliphatic heterocycles. The Morgan fingerprint density at radius 2 is 2.13 bits per heavy atom. The molecule has 1 aromatic rings. The number of aliphatic hydroxyl groups excluding tert-OH is 1. The Labute approximate surface area is 138 Å². The normalized spacial score (nSPS) is 51.0. The zero-order valence-corrected chi connectivity index (χ0v) is 14.1. The molecule has 1 spiro atoms. The highest BCUT2D eigenvalue weighted by molar-refractivity contribution is 5.31. The average molecular weight is 316 g/mol. The lowest BCUT2D eigenvalue weighted by atomic mass is 9.45. The summed E-state index contributed by atoms with van der Waals surface area (Å²) in [6.07, 6.45) is 10.9. The summed E-state index contributed by atoms with van der Waals surface area (Å²) in [5, 5.41) is 20.7. The van der Waals surface area contributed by atoms with Crippen LogP contribution < -0.4 is 0 Å². The third kappa shape index (κ3) is 1.68. The Balaban J connectivity index is 1.56. The highest BCUT2D eigenvalue weighted by atomic mass is 16.3. The third-order valence-corrected chi connectivity index (χ3v) is 8.46. The van der Waals surface area contributed by atoms with Gasteiger partial charge in [0.1, 0.15) is 5.76 Å². The van der Waals surface area contributed by atoms with Crippen molar-refractivity contribution in [1.29, 1.82) is 0 Å². The Morgan fingerprint density at radius 3 is 2.96 bits per heavy atom. The minimum absolute atomic E-state index is 0.0574. The van der Waals surface area contributed by atoms with E-state index in [9.17, 15) is 10.2 Å². The van der Waals surface area contributed by atoms with Gasteiger partial charge in [0.2, 0.25) is 0 Å². The van der Waals surface area contributed by atoms with E-state index in [-0.39, 0.29) is 12.0 Å². The Kier molecular flexibility index (Phi) is 2.80. The van der Waals surface area contributed by atoms with Gasteiger partial charge in [-0.05, 0) is 85.2 Å². The maximum atomic E-state index is 10.9. The number of fused-ring (bicyclic) bond motifs is 5. The standard InChI is InChI=1S/C20H28O3/c1-18-7-5-16-14(6-9-23-16)15(18)4-8-19-10-13(2-3-17(18)19)20(22,11-19)12-21/h6,9,13,15,17,21-22H,2-5,7-8,10-12H2,1H3/t13-,15+,17-,18+,19-,20-/m0/s1. The summed E-state index contributed by atoms with van der Waals surface area (Å²) in [6.45, 7) is 2.45. The molecule has 2 bridgehead atoms. The summed E-state index contributed by atoms with van der Waals surface area (Å²) in [4.78, 5) is 0. The van der Waals surface area contributed by atoms with Crippen LogP contribution in [0.1, 0.15) is 69.1 Å². The summed E-state index contributed by atoms with van der Waals surface area (Å²) in [7, 11) is 0. The first-order valence-electron chi connectivity index (χ1n) is 9.40. The first-order chi connectivity index (χ1) is 11.0. The highest BCUT2D eigenvalue weighted by Gasteiger charge is 2.65. The second-order valence-electron chi connectivity index (χ2n) is 9.23. The first-order valence-corrected chi connectivity index (χ1v) is 9.40. The zero-order chi connectivity index (χ0) is 15.9. The van der Waals surface area contributed by atoms with Crippen molar-refractivity contribution in [3.05, 3.63) is 23.7 Å². The molecule has 4 aliphatic rings. The Morgan fingerprint density at radius 1 is 1.26 bits per heavy atom. The number of hydrogen-bond acceptors (Lipinski definition) is 3. The number of aryl methyl sites for hydroxylation is 1. The quantitative estimate of drug-likeness (QED) is 0.831. The summed E-state index contributed by atoms with van der Waals surface area (Å²) in [5.74, 6) is 2.85. The molecule has 126 valence electrons. The van der Waals surface area contributed by atoms with Gasteiger partial charge in [0.15, 0.2) is 0 Å². The van der Waals surface area contributed by atoms with Gasteiger partial charge < -0.3 is 14.6 Å². The van der Waals surface area contributed by atoms with Crippen LogP contribution in [0.2, 0.25) is 0 Å². The van der Waals surface area contributed by atoms with Gasteiger partial charge in [0.05, 0.1) is 18.5 Å². The van der Waals surface area contributed by atoms with Crippen LogP contribution in [0.4, 0.5) is 0 Å². The van der Waals surface area contributed by atoms with Gasteiger partial charge >= 0.3 is 0 Å². The lowest BCUT2D eigenvalue weighted by Gasteiger charge is -2.59. The third-order valence-electron chi connectivity index (χ3n) is 8.46. The largest absolute Gasteiger partial charge is 0.469 e. The summed E-state index contributed by atoms with van der Waals surface area (Å²) in [6, 6.07) is 2.21. The van der Waals surface area contributed by atoms with E-state index < -0.39 is 5.60 Å². The molecular weight excluding hydrogens is 288 g/mol. The minimum Gasteiger partial charge on any atom is -0.469 e. The van der Waals surface area contributed by atoms with Crippen molar-refractivity contribution in [1.82, 2.24) is 0 Å². The smallest absolute Gasteiger partial charge is 0.107 e. The SMILES string of the molecule is C[C@@]12CCc3occc3[C@H]1CC[C@@]13C[C@H](CC[C@H]12)[C@@](O)(CO)C3. The second-order valence-corrected chi connectivity index (χ2v) is 9.23. The number of rotatable bonds is 1. The van der Waals surface area contributed by atoms with Gasteiger partial charge in [0.25, 0.3) is 0 Å². The Hall–Kier alpha value is -0.800. The van der Waals surface area contributed by atoms with Gasteiger partial charge in [-0.1, -0.05) is 6.92 Å². The van der Waals surface area contributed by atoms with E-state index in [0.29, 0.717) is 23.2 Å². The minimum atomic E-state index is -0.812. The van der Waals surface area contributed by atoms with Gasteiger partial charge in [-0.15, -0.1) is 0 Å². The molecule has 0 radical (unpaired) electrons. The molecule has 5 rings (SSSR count). The Bertz CT molecular complexity index is 637. The van der Waals surface area contributed by atoms with Crippen LogP contribution >= 0.6 is 0 Å². The van der Waals surface area contributed by atoms with Crippen molar-refractivity contribution in [3.8, 4) is 0 Å². The van der Waals surface area contributed by atoms with Crippen molar-refractivity contribution in [2.24, 2.45) is 22.7 Å². The summed E-state index contributed by atoms with van der Waals surface area (Å²) >= 11 is 0. The molecule has 1 heterocycles. The molecule has 0 unspecified atom stereocenters. The van der Waals surface area contributed by atoms with E-state index in [4.69, 9.17) is 4.42 Å². The van der Waals surface area contributed by atoms with Crippen LogP contribution in [0.5, 0.6) is 0 Å². The van der Waals surface area contributed by atoms with Crippen LogP contribution in [-0.4, -0.2) is 22.4 Å². The molecule has 0 saturated heterocycles. The van der Waals surface area contributed by atoms with Crippen molar-refractivity contribution in [2.75, 3.05) is 6.61 Å². The lowest BCUT2D eigenvalue weighted by Crippen LogP contribution is -2.51. The van der Waals surface area contributed by atoms with E-state index in [1.54, 1.807) is 0 Å². The van der Waals surface area contributed by atoms with Crippen LogP contribution in [0, 0.1) is 22.7 Å². The van der Waals surface area contributed by atoms with E-state index in [1.165, 1.54) is 37.0 Å². The molecule has 0 aromatic carbocycles. The molecule has 23 heavy (non-hydrogen) atoms. The molecule has 3 saturated carbocycles. The van der Waals surface area contributed by atoms with Crippen molar-refractivity contribution in [3.63, 3.8) is 0 Å². The summed E-state index contributed by atoms with van der Waals surface area (Å²) < 4.78 is 5.72. The molecule has 6 atom stereocenters. The van der Waals surface area contributed by atoms with E-state index in [0.717, 1.165) is 25.7 Å². The van der Waals surface area contributed by atoms with Gasteiger partial charge in [0, 0.05) is 6.42 Å². The monoisotopic (exact) mass is 316 g/mol. The van der Waals surface area contributed by atoms with Crippen molar-refractivity contribution >= 4 is 0 Å².